The van der Waals surface area contributed by atoms with Crippen LogP contribution in [-0.4, -0.2) is 46.8 Å². The number of benzene rings is 2. The molecule has 1 unspecified atom stereocenters. The summed E-state index contributed by atoms with van der Waals surface area (Å²) in [5, 5.41) is 24.4. The van der Waals surface area contributed by atoms with Crippen LogP contribution in [-0.2, 0) is 15.1 Å². The SMILES string of the molecule is CC(C)(C)OC(C)(CNC=O)c1ccc(-c2nc(Nc3ccc(OCCO)cc3)ncc2C#N)cc1. The Balaban J connectivity index is 1.87. The molecule has 3 N–H and O–H groups in total. The first-order valence-electron chi connectivity index (χ1n) is 11.5. The summed E-state index contributed by atoms with van der Waals surface area (Å²) in [6.45, 7) is 8.30. The monoisotopic (exact) mass is 489 g/mol. The smallest absolute Gasteiger partial charge is 0.227 e. The van der Waals surface area contributed by atoms with Crippen LogP contribution >= 0.6 is 0 Å². The first-order valence-corrected chi connectivity index (χ1v) is 11.5. The van der Waals surface area contributed by atoms with Crippen LogP contribution in [0.1, 0.15) is 38.8 Å². The first-order chi connectivity index (χ1) is 17.2. The Labute approximate surface area is 211 Å². The lowest BCUT2D eigenvalue weighted by atomic mass is 9.92. The van der Waals surface area contributed by atoms with Gasteiger partial charge in [-0.05, 0) is 57.5 Å². The lowest BCUT2D eigenvalue weighted by Gasteiger charge is -2.37. The molecule has 0 saturated carbocycles. The number of ether oxygens (including phenoxy) is 2. The predicted octanol–water partition coefficient (Wildman–Crippen LogP) is 3.91. The minimum absolute atomic E-state index is 0.0542. The molecule has 188 valence electrons. The van der Waals surface area contributed by atoms with Crippen LogP contribution in [0.4, 0.5) is 11.6 Å². The molecule has 0 aliphatic rings. The van der Waals surface area contributed by atoms with Gasteiger partial charge in [0.15, 0.2) is 0 Å². The summed E-state index contributed by atoms with van der Waals surface area (Å²) in [5.41, 5.74) is 2.03. The lowest BCUT2D eigenvalue weighted by molar-refractivity contribution is -0.131. The highest BCUT2D eigenvalue weighted by Gasteiger charge is 2.32. The fourth-order valence-corrected chi connectivity index (χ4v) is 3.76. The highest BCUT2D eigenvalue weighted by atomic mass is 16.5. The van der Waals surface area contributed by atoms with Crippen molar-refractivity contribution >= 4 is 18.0 Å². The number of aliphatic hydroxyl groups is 1. The number of hydrogen-bond acceptors (Lipinski definition) is 8. The second-order valence-corrected chi connectivity index (χ2v) is 9.31. The zero-order valence-corrected chi connectivity index (χ0v) is 20.9. The number of anilines is 2. The molecule has 1 amide bonds. The van der Waals surface area contributed by atoms with E-state index in [2.05, 4.69) is 26.7 Å². The molecular weight excluding hydrogens is 458 g/mol. The maximum atomic E-state index is 10.9. The van der Waals surface area contributed by atoms with Gasteiger partial charge in [0.2, 0.25) is 12.4 Å². The number of carbonyl (C=O) groups is 1. The third kappa shape index (κ3) is 7.01. The quantitative estimate of drug-likeness (QED) is 0.346. The molecule has 0 spiro atoms. The molecule has 0 fully saturated rings. The van der Waals surface area contributed by atoms with E-state index in [4.69, 9.17) is 14.6 Å². The van der Waals surface area contributed by atoms with Crippen LogP contribution in [0.5, 0.6) is 5.75 Å². The Bertz CT molecular complexity index is 1200. The second kappa shape index (κ2) is 11.6. The van der Waals surface area contributed by atoms with Gasteiger partial charge >= 0.3 is 0 Å². The third-order valence-corrected chi connectivity index (χ3v) is 5.20. The number of aromatic nitrogens is 2. The fourth-order valence-electron chi connectivity index (χ4n) is 3.76. The van der Waals surface area contributed by atoms with Gasteiger partial charge in [-0.15, -0.1) is 0 Å². The molecular formula is C27H31N5O4. The summed E-state index contributed by atoms with van der Waals surface area (Å²) in [4.78, 5) is 19.8. The molecule has 1 heterocycles. The van der Waals surface area contributed by atoms with E-state index in [0.717, 1.165) is 16.8 Å². The number of aliphatic hydroxyl groups excluding tert-OH is 1. The van der Waals surface area contributed by atoms with E-state index in [1.165, 1.54) is 6.20 Å². The van der Waals surface area contributed by atoms with Crippen molar-refractivity contribution in [1.29, 1.82) is 5.26 Å². The van der Waals surface area contributed by atoms with Crippen LogP contribution < -0.4 is 15.4 Å². The maximum absolute atomic E-state index is 10.9. The standard InChI is InChI=1S/C27H31N5O4/c1-26(2,3)36-27(4,17-29-18-34)21-7-5-19(6-8-21)24-20(15-28)16-30-25(32-24)31-22-9-11-23(12-10-22)35-14-13-33/h5-12,16,18,33H,13-14,17H2,1-4H3,(H,29,34)(H,30,31,32). The van der Waals surface area contributed by atoms with Crippen molar-refractivity contribution < 1.29 is 19.4 Å². The largest absolute Gasteiger partial charge is 0.491 e. The van der Waals surface area contributed by atoms with E-state index in [0.29, 0.717) is 35.9 Å². The van der Waals surface area contributed by atoms with Crippen molar-refractivity contribution in [1.82, 2.24) is 15.3 Å². The number of nitrogens with one attached hydrogen (secondary N) is 2. The van der Waals surface area contributed by atoms with Crippen molar-refractivity contribution in [3.63, 3.8) is 0 Å². The Hall–Kier alpha value is -4.00. The average Bonchev–Trinajstić information content (AvgIpc) is 2.86. The van der Waals surface area contributed by atoms with E-state index in [1.807, 2.05) is 64.1 Å². The van der Waals surface area contributed by atoms with Crippen molar-refractivity contribution in [2.24, 2.45) is 0 Å². The van der Waals surface area contributed by atoms with E-state index < -0.39 is 11.2 Å². The Morgan fingerprint density at radius 3 is 2.36 bits per heavy atom. The Kier molecular flexibility index (Phi) is 8.59. The molecule has 0 bridgehead atoms. The average molecular weight is 490 g/mol. The van der Waals surface area contributed by atoms with Crippen molar-refractivity contribution in [2.45, 2.75) is 38.9 Å². The zero-order valence-electron chi connectivity index (χ0n) is 20.9. The van der Waals surface area contributed by atoms with Crippen LogP contribution in [0.25, 0.3) is 11.3 Å². The van der Waals surface area contributed by atoms with Crippen molar-refractivity contribution in [3.05, 3.63) is 65.9 Å². The van der Waals surface area contributed by atoms with Gasteiger partial charge in [-0.1, -0.05) is 24.3 Å². The first kappa shape index (κ1) is 26.6. The van der Waals surface area contributed by atoms with Crippen molar-refractivity contribution in [2.75, 3.05) is 25.1 Å². The van der Waals surface area contributed by atoms with Crippen LogP contribution in [0.2, 0.25) is 0 Å². The van der Waals surface area contributed by atoms with Gasteiger partial charge in [0, 0.05) is 11.3 Å². The normalized spacial score (nSPS) is 12.8. The minimum atomic E-state index is -0.749. The molecule has 0 aliphatic heterocycles. The fraction of sp³-hybridized carbons (Fsp3) is 0.333. The molecule has 0 saturated heterocycles. The lowest BCUT2D eigenvalue weighted by Crippen LogP contribution is -2.42. The Morgan fingerprint density at radius 2 is 1.78 bits per heavy atom. The van der Waals surface area contributed by atoms with Gasteiger partial charge in [-0.2, -0.15) is 5.26 Å². The summed E-state index contributed by atoms with van der Waals surface area (Å²) in [7, 11) is 0. The predicted molar refractivity (Wildman–Crippen MR) is 137 cm³/mol. The van der Waals surface area contributed by atoms with Crippen molar-refractivity contribution in [3.8, 4) is 23.1 Å². The molecule has 9 nitrogen and oxygen atoms in total. The maximum Gasteiger partial charge on any atom is 0.227 e. The molecule has 36 heavy (non-hydrogen) atoms. The zero-order chi connectivity index (χ0) is 26.2. The van der Waals surface area contributed by atoms with E-state index in [9.17, 15) is 10.1 Å². The summed E-state index contributed by atoms with van der Waals surface area (Å²) in [6, 6.07) is 16.9. The summed E-state index contributed by atoms with van der Waals surface area (Å²) in [5.74, 6) is 0.982. The molecule has 9 heteroatoms. The molecule has 1 atom stereocenters. The van der Waals surface area contributed by atoms with E-state index >= 15 is 0 Å². The van der Waals surface area contributed by atoms with Gasteiger partial charge in [-0.3, -0.25) is 4.79 Å². The molecule has 3 rings (SSSR count). The minimum Gasteiger partial charge on any atom is -0.491 e. The molecule has 1 aromatic heterocycles. The highest BCUT2D eigenvalue weighted by molar-refractivity contribution is 5.68. The Morgan fingerprint density at radius 1 is 1.08 bits per heavy atom. The highest BCUT2D eigenvalue weighted by Crippen LogP contribution is 2.32. The molecule has 0 radical (unpaired) electrons. The van der Waals surface area contributed by atoms with E-state index in [-0.39, 0.29) is 13.2 Å². The number of amides is 1. The van der Waals surface area contributed by atoms with Crippen LogP contribution in [0.3, 0.4) is 0 Å². The number of carbonyl (C=O) groups excluding carboxylic acids is 1. The number of rotatable bonds is 11. The van der Waals surface area contributed by atoms with Crippen LogP contribution in [0.15, 0.2) is 54.7 Å². The molecule has 3 aromatic rings. The van der Waals surface area contributed by atoms with Gasteiger partial charge in [-0.25, -0.2) is 9.97 Å². The second-order valence-electron chi connectivity index (χ2n) is 9.31. The number of nitrogens with zero attached hydrogens (tertiary/aromatic N) is 3. The topological polar surface area (TPSA) is 129 Å². The third-order valence-electron chi connectivity index (χ3n) is 5.20. The number of hydrogen-bond donors (Lipinski definition) is 3. The molecule has 0 aliphatic carbocycles. The van der Waals surface area contributed by atoms with Gasteiger partial charge in [0.05, 0.1) is 36.2 Å². The summed E-state index contributed by atoms with van der Waals surface area (Å²) >= 11 is 0. The van der Waals surface area contributed by atoms with Gasteiger partial charge < -0.3 is 25.2 Å². The summed E-state index contributed by atoms with van der Waals surface area (Å²) < 4.78 is 11.7. The number of nitriles is 1. The summed E-state index contributed by atoms with van der Waals surface area (Å²) in [6.07, 6.45) is 2.14. The van der Waals surface area contributed by atoms with Crippen LogP contribution in [0, 0.1) is 11.3 Å². The molecule has 2 aromatic carbocycles. The van der Waals surface area contributed by atoms with Gasteiger partial charge in [0.1, 0.15) is 24.0 Å². The van der Waals surface area contributed by atoms with E-state index in [1.54, 1.807) is 12.1 Å². The van der Waals surface area contributed by atoms with Gasteiger partial charge in [0.25, 0.3) is 0 Å².